The molecule has 0 saturated carbocycles. The van der Waals surface area contributed by atoms with Gasteiger partial charge in [0.1, 0.15) is 12.4 Å². The molecule has 7 heteroatoms. The molecule has 1 aromatic heterocycles. The summed E-state index contributed by atoms with van der Waals surface area (Å²) in [6, 6.07) is 14.6. The van der Waals surface area contributed by atoms with Crippen LogP contribution in [-0.4, -0.2) is 40.2 Å². The lowest BCUT2D eigenvalue weighted by molar-refractivity contribution is 0.111. The zero-order valence-electron chi connectivity index (χ0n) is 15.5. The van der Waals surface area contributed by atoms with Gasteiger partial charge in [0.05, 0.1) is 6.54 Å². The van der Waals surface area contributed by atoms with Crippen LogP contribution in [0.5, 0.6) is 5.75 Å². The van der Waals surface area contributed by atoms with E-state index in [9.17, 15) is 14.7 Å². The Kier molecular flexibility index (Phi) is 6.06. The number of anilines is 1. The van der Waals surface area contributed by atoms with E-state index in [1.165, 1.54) is 4.90 Å². The number of hydrogen-bond donors (Lipinski definition) is 1. The van der Waals surface area contributed by atoms with Gasteiger partial charge >= 0.3 is 6.09 Å². The second-order valence-corrected chi connectivity index (χ2v) is 6.19. The van der Waals surface area contributed by atoms with Gasteiger partial charge in [-0.3, -0.25) is 9.69 Å². The predicted octanol–water partition coefficient (Wildman–Crippen LogP) is 3.62. The van der Waals surface area contributed by atoms with Crippen LogP contribution in [-0.2, 0) is 6.54 Å². The Hall–Kier alpha value is -3.61. The van der Waals surface area contributed by atoms with Gasteiger partial charge in [-0.15, -0.1) is 0 Å². The lowest BCUT2D eigenvalue weighted by Crippen LogP contribution is -2.33. The normalized spacial score (nSPS) is 10.5. The van der Waals surface area contributed by atoms with Crippen molar-refractivity contribution in [2.45, 2.75) is 13.5 Å². The van der Waals surface area contributed by atoms with Crippen LogP contribution in [0.3, 0.4) is 0 Å². The van der Waals surface area contributed by atoms with Crippen LogP contribution >= 0.6 is 0 Å². The molecular weight excluding hydrogens is 358 g/mol. The molecule has 2 aromatic carbocycles. The number of amides is 1. The number of imidazole rings is 1. The van der Waals surface area contributed by atoms with Gasteiger partial charge < -0.3 is 14.4 Å². The summed E-state index contributed by atoms with van der Waals surface area (Å²) in [6.07, 6.45) is 3.03. The summed E-state index contributed by atoms with van der Waals surface area (Å²) in [5.74, 6) is 1.05. The van der Waals surface area contributed by atoms with Gasteiger partial charge in [-0.2, -0.15) is 0 Å². The van der Waals surface area contributed by atoms with Crippen molar-refractivity contribution in [2.24, 2.45) is 0 Å². The maximum absolute atomic E-state index is 11.5. The Balaban J connectivity index is 1.68. The summed E-state index contributed by atoms with van der Waals surface area (Å²) >= 11 is 0. The quantitative estimate of drug-likeness (QED) is 0.604. The smallest absolute Gasteiger partial charge is 0.411 e. The fraction of sp³-hybridized carbons (Fsp3) is 0.190. The van der Waals surface area contributed by atoms with E-state index in [0.29, 0.717) is 23.8 Å². The highest BCUT2D eigenvalue weighted by molar-refractivity contribution is 5.85. The predicted molar refractivity (Wildman–Crippen MR) is 105 cm³/mol. The first-order chi connectivity index (χ1) is 13.6. The molecule has 28 heavy (non-hydrogen) atoms. The van der Waals surface area contributed by atoms with E-state index in [-0.39, 0.29) is 13.2 Å². The van der Waals surface area contributed by atoms with Crippen molar-refractivity contribution in [3.63, 3.8) is 0 Å². The van der Waals surface area contributed by atoms with Gasteiger partial charge in [0.25, 0.3) is 0 Å². The highest BCUT2D eigenvalue weighted by Crippen LogP contribution is 2.23. The van der Waals surface area contributed by atoms with Crippen molar-refractivity contribution in [1.29, 1.82) is 0 Å². The van der Waals surface area contributed by atoms with Gasteiger partial charge in [0, 0.05) is 24.6 Å². The maximum atomic E-state index is 11.5. The molecule has 0 saturated heterocycles. The summed E-state index contributed by atoms with van der Waals surface area (Å²) in [6.45, 7) is 2.87. The lowest BCUT2D eigenvalue weighted by atomic mass is 10.1. The first kappa shape index (κ1) is 19.2. The molecule has 144 valence electrons. The standard InChI is InChI=1S/C21H21N3O4/c1-16-17(14-23-11-10-22-20(23)15-25)6-5-9-19(16)28-13-12-24(21(26)27)18-7-3-2-4-8-18/h2-11,15H,12-14H2,1H3,(H,26,27). The summed E-state index contributed by atoms with van der Waals surface area (Å²) in [7, 11) is 0. The number of nitrogens with zero attached hydrogens (tertiary/aromatic N) is 3. The molecule has 0 bridgehead atoms. The molecule has 3 rings (SSSR count). The number of carboxylic acid groups (broad SMARTS) is 1. The molecule has 3 aromatic rings. The minimum absolute atomic E-state index is 0.208. The fourth-order valence-electron chi connectivity index (χ4n) is 2.93. The average Bonchev–Trinajstić information content (AvgIpc) is 3.15. The van der Waals surface area contributed by atoms with Crippen LogP contribution in [0.1, 0.15) is 21.7 Å². The van der Waals surface area contributed by atoms with E-state index < -0.39 is 6.09 Å². The van der Waals surface area contributed by atoms with E-state index in [4.69, 9.17) is 4.74 Å². The topological polar surface area (TPSA) is 84.7 Å². The summed E-state index contributed by atoms with van der Waals surface area (Å²) in [4.78, 5) is 27.8. The molecule has 1 heterocycles. The summed E-state index contributed by atoms with van der Waals surface area (Å²) < 4.78 is 7.62. The molecule has 0 unspecified atom stereocenters. The Bertz CT molecular complexity index is 953. The fourth-order valence-corrected chi connectivity index (χ4v) is 2.93. The Morgan fingerprint density at radius 1 is 1.21 bits per heavy atom. The monoisotopic (exact) mass is 379 g/mol. The van der Waals surface area contributed by atoms with Crippen LogP contribution in [0.25, 0.3) is 0 Å². The molecule has 0 aliphatic rings. The van der Waals surface area contributed by atoms with E-state index >= 15 is 0 Å². The maximum Gasteiger partial charge on any atom is 0.411 e. The second kappa shape index (κ2) is 8.85. The molecule has 1 N–H and O–H groups in total. The zero-order chi connectivity index (χ0) is 19.9. The molecule has 0 aliphatic heterocycles. The first-order valence-electron chi connectivity index (χ1n) is 8.83. The molecule has 0 fully saturated rings. The van der Waals surface area contributed by atoms with Gasteiger partial charge in [-0.25, -0.2) is 9.78 Å². The second-order valence-electron chi connectivity index (χ2n) is 6.19. The number of para-hydroxylation sites is 1. The third kappa shape index (κ3) is 4.37. The molecule has 0 radical (unpaired) electrons. The zero-order valence-corrected chi connectivity index (χ0v) is 15.5. The Morgan fingerprint density at radius 3 is 2.71 bits per heavy atom. The number of rotatable bonds is 8. The van der Waals surface area contributed by atoms with Crippen molar-refractivity contribution in [3.05, 3.63) is 77.9 Å². The van der Waals surface area contributed by atoms with E-state index in [2.05, 4.69) is 4.98 Å². The number of aromatic nitrogens is 2. The highest BCUT2D eigenvalue weighted by atomic mass is 16.5. The SMILES string of the molecule is Cc1c(Cn2ccnc2C=O)cccc1OCCN(C(=O)O)c1ccccc1. The summed E-state index contributed by atoms with van der Waals surface area (Å²) in [5.41, 5.74) is 2.54. The molecular formula is C21H21N3O4. The number of hydrogen-bond acceptors (Lipinski definition) is 4. The van der Waals surface area contributed by atoms with E-state index in [1.807, 2.05) is 31.2 Å². The van der Waals surface area contributed by atoms with Crippen LogP contribution in [0.4, 0.5) is 10.5 Å². The number of ether oxygens (including phenoxy) is 1. The third-order valence-electron chi connectivity index (χ3n) is 4.46. The van der Waals surface area contributed by atoms with Gasteiger partial charge in [0.2, 0.25) is 0 Å². The summed E-state index contributed by atoms with van der Waals surface area (Å²) in [5, 5.41) is 9.45. The minimum Gasteiger partial charge on any atom is -0.491 e. The van der Waals surface area contributed by atoms with E-state index in [1.54, 1.807) is 41.2 Å². The Morgan fingerprint density at radius 2 is 2.00 bits per heavy atom. The average molecular weight is 379 g/mol. The van der Waals surface area contributed by atoms with Gasteiger partial charge in [0.15, 0.2) is 12.1 Å². The van der Waals surface area contributed by atoms with Crippen LogP contribution < -0.4 is 9.64 Å². The van der Waals surface area contributed by atoms with Crippen LogP contribution in [0.15, 0.2) is 60.9 Å². The molecule has 0 spiro atoms. The van der Waals surface area contributed by atoms with Crippen molar-refractivity contribution < 1.29 is 19.4 Å². The lowest BCUT2D eigenvalue weighted by Gasteiger charge is -2.20. The highest BCUT2D eigenvalue weighted by Gasteiger charge is 2.14. The number of carbonyl (C=O) groups is 2. The van der Waals surface area contributed by atoms with Crippen LogP contribution in [0, 0.1) is 6.92 Å². The Labute approximate surface area is 162 Å². The van der Waals surface area contributed by atoms with E-state index in [0.717, 1.165) is 17.4 Å². The molecule has 1 amide bonds. The number of aldehydes is 1. The van der Waals surface area contributed by atoms with Crippen molar-refractivity contribution in [1.82, 2.24) is 9.55 Å². The van der Waals surface area contributed by atoms with Gasteiger partial charge in [-0.1, -0.05) is 30.3 Å². The van der Waals surface area contributed by atoms with Gasteiger partial charge in [-0.05, 0) is 36.2 Å². The molecule has 7 nitrogen and oxygen atoms in total. The van der Waals surface area contributed by atoms with Crippen LogP contribution in [0.2, 0.25) is 0 Å². The largest absolute Gasteiger partial charge is 0.491 e. The number of carbonyl (C=O) groups excluding carboxylic acids is 1. The minimum atomic E-state index is -1.03. The third-order valence-corrected chi connectivity index (χ3v) is 4.46. The first-order valence-corrected chi connectivity index (χ1v) is 8.83. The van der Waals surface area contributed by atoms with Crippen molar-refractivity contribution in [2.75, 3.05) is 18.1 Å². The molecule has 0 aliphatic carbocycles. The van der Waals surface area contributed by atoms with Crippen molar-refractivity contribution in [3.8, 4) is 5.75 Å². The van der Waals surface area contributed by atoms with Crippen molar-refractivity contribution >= 4 is 18.1 Å². The number of benzene rings is 2. The molecule has 0 atom stereocenters.